The van der Waals surface area contributed by atoms with E-state index in [1.807, 2.05) is 89.1 Å². The number of methoxy groups -OCH3 is 1. The van der Waals surface area contributed by atoms with Gasteiger partial charge in [-0.3, -0.25) is 9.69 Å². The number of thiocarbonyl (C=S) groups is 1. The summed E-state index contributed by atoms with van der Waals surface area (Å²) in [6.07, 6.45) is 3.83. The molecule has 0 aliphatic carbocycles. The molecule has 1 saturated heterocycles. The van der Waals surface area contributed by atoms with Crippen molar-refractivity contribution >= 4 is 57.3 Å². The predicted molar refractivity (Wildman–Crippen MR) is 136 cm³/mol. The average Bonchev–Trinajstić information content (AvgIpc) is 3.55. The molecule has 4 aromatic rings. The van der Waals surface area contributed by atoms with Crippen LogP contribution in [0.3, 0.4) is 0 Å². The van der Waals surface area contributed by atoms with Crippen LogP contribution < -0.4 is 9.64 Å². The van der Waals surface area contributed by atoms with Crippen LogP contribution in [0.1, 0.15) is 5.56 Å². The molecule has 0 atom stereocenters. The molecule has 0 radical (unpaired) electrons. The summed E-state index contributed by atoms with van der Waals surface area (Å²) in [4.78, 5) is 16.4. The van der Waals surface area contributed by atoms with Crippen molar-refractivity contribution in [3.63, 3.8) is 0 Å². The van der Waals surface area contributed by atoms with E-state index in [-0.39, 0.29) is 5.91 Å². The number of benzene rings is 2. The van der Waals surface area contributed by atoms with E-state index < -0.39 is 0 Å². The standard InChI is InChI=1S/C24H17N3O2S3/c1-29-19-11-9-18(10-12-19)27-23(28)21(32-24(27)30)14-16-15-26(17-6-3-2-4-7-17)25-22(16)20-8-5-13-31-20/h2-15H,1H3/b21-14+. The van der Waals surface area contributed by atoms with Crippen molar-refractivity contribution in [1.29, 1.82) is 0 Å². The SMILES string of the molecule is COc1ccc(N2C(=O)/C(=C\c3cn(-c4ccccc4)nc3-c3cccs3)SC2=S)cc1. The van der Waals surface area contributed by atoms with Crippen molar-refractivity contribution < 1.29 is 9.53 Å². The lowest BCUT2D eigenvalue weighted by Crippen LogP contribution is -2.27. The van der Waals surface area contributed by atoms with Crippen molar-refractivity contribution in [3.8, 4) is 22.0 Å². The van der Waals surface area contributed by atoms with E-state index in [1.54, 1.807) is 23.3 Å². The Morgan fingerprint density at radius 1 is 1.00 bits per heavy atom. The minimum atomic E-state index is -0.144. The molecule has 1 fully saturated rings. The molecule has 1 amide bonds. The monoisotopic (exact) mass is 475 g/mol. The lowest BCUT2D eigenvalue weighted by Gasteiger charge is -2.14. The Morgan fingerprint density at radius 3 is 2.47 bits per heavy atom. The van der Waals surface area contributed by atoms with Crippen LogP contribution in [0.2, 0.25) is 0 Å². The smallest absolute Gasteiger partial charge is 0.270 e. The molecule has 0 spiro atoms. The zero-order valence-corrected chi connectivity index (χ0v) is 19.4. The van der Waals surface area contributed by atoms with Gasteiger partial charge >= 0.3 is 0 Å². The van der Waals surface area contributed by atoms with Crippen molar-refractivity contribution in [2.45, 2.75) is 0 Å². The van der Waals surface area contributed by atoms with E-state index in [0.29, 0.717) is 9.23 Å². The molecule has 5 nitrogen and oxygen atoms in total. The van der Waals surface area contributed by atoms with Gasteiger partial charge < -0.3 is 4.74 Å². The third-order valence-corrected chi connectivity index (χ3v) is 7.11. The zero-order chi connectivity index (χ0) is 22.1. The number of thiophene rings is 1. The van der Waals surface area contributed by atoms with Crippen molar-refractivity contribution in [2.24, 2.45) is 0 Å². The van der Waals surface area contributed by atoms with Crippen LogP contribution in [0.15, 0.2) is 83.2 Å². The number of anilines is 1. The fraction of sp³-hybridized carbons (Fsp3) is 0.0417. The fourth-order valence-electron chi connectivity index (χ4n) is 3.37. The van der Waals surface area contributed by atoms with Gasteiger partial charge in [-0.2, -0.15) is 5.10 Å². The molecule has 0 bridgehead atoms. The summed E-state index contributed by atoms with van der Waals surface area (Å²) in [6, 6.07) is 21.2. The van der Waals surface area contributed by atoms with Gasteiger partial charge in [0.25, 0.3) is 5.91 Å². The third kappa shape index (κ3) is 3.88. The second-order valence-corrected chi connectivity index (χ2v) is 9.53. The first-order chi connectivity index (χ1) is 15.6. The molecule has 32 heavy (non-hydrogen) atoms. The first kappa shape index (κ1) is 20.7. The molecule has 0 unspecified atom stereocenters. The Kier molecular flexibility index (Phi) is 5.65. The Hall–Kier alpha value is -3.20. The highest BCUT2D eigenvalue weighted by molar-refractivity contribution is 8.27. The highest BCUT2D eigenvalue weighted by Gasteiger charge is 2.33. The number of nitrogens with zero attached hydrogens (tertiary/aromatic N) is 3. The number of hydrogen-bond acceptors (Lipinski definition) is 6. The molecule has 2 aromatic heterocycles. The van der Waals surface area contributed by atoms with Crippen LogP contribution in [0.5, 0.6) is 5.75 Å². The second-order valence-electron chi connectivity index (χ2n) is 6.91. The summed E-state index contributed by atoms with van der Waals surface area (Å²) in [5, 5.41) is 6.82. The van der Waals surface area contributed by atoms with E-state index in [2.05, 4.69) is 0 Å². The highest BCUT2D eigenvalue weighted by atomic mass is 32.2. The van der Waals surface area contributed by atoms with Crippen LogP contribution in [0.4, 0.5) is 5.69 Å². The molecule has 8 heteroatoms. The molecule has 158 valence electrons. The van der Waals surface area contributed by atoms with Gasteiger partial charge in [0.15, 0.2) is 4.32 Å². The van der Waals surface area contributed by atoms with Crippen molar-refractivity contribution in [1.82, 2.24) is 9.78 Å². The number of amides is 1. The molecule has 0 N–H and O–H groups in total. The number of aromatic nitrogens is 2. The minimum absolute atomic E-state index is 0.144. The highest BCUT2D eigenvalue weighted by Crippen LogP contribution is 2.38. The summed E-state index contributed by atoms with van der Waals surface area (Å²) >= 11 is 8.44. The van der Waals surface area contributed by atoms with E-state index in [9.17, 15) is 4.79 Å². The van der Waals surface area contributed by atoms with Crippen LogP contribution in [0.25, 0.3) is 22.3 Å². The molecule has 2 aromatic carbocycles. The molecular formula is C24H17N3O2S3. The summed E-state index contributed by atoms with van der Waals surface area (Å²) < 4.78 is 7.55. The number of carbonyl (C=O) groups is 1. The van der Waals surface area contributed by atoms with Crippen molar-refractivity contribution in [3.05, 3.63) is 88.8 Å². The van der Waals surface area contributed by atoms with Gasteiger partial charge in [-0.15, -0.1) is 11.3 Å². The molecule has 1 aliphatic heterocycles. The maximum absolute atomic E-state index is 13.2. The Bertz CT molecular complexity index is 1310. The molecule has 5 rings (SSSR count). The maximum Gasteiger partial charge on any atom is 0.270 e. The Morgan fingerprint density at radius 2 is 1.78 bits per heavy atom. The Balaban J connectivity index is 1.53. The van der Waals surface area contributed by atoms with E-state index >= 15 is 0 Å². The topological polar surface area (TPSA) is 47.4 Å². The Labute approximate surface area is 198 Å². The van der Waals surface area contributed by atoms with Gasteiger partial charge in [-0.05, 0) is 53.9 Å². The number of rotatable bonds is 5. The first-order valence-electron chi connectivity index (χ1n) is 9.75. The van der Waals surface area contributed by atoms with E-state index in [1.165, 1.54) is 11.8 Å². The van der Waals surface area contributed by atoms with Crippen molar-refractivity contribution in [2.75, 3.05) is 12.0 Å². The fourth-order valence-corrected chi connectivity index (χ4v) is 5.39. The summed E-state index contributed by atoms with van der Waals surface area (Å²) in [5.74, 6) is 0.582. The second kappa shape index (κ2) is 8.74. The van der Waals surface area contributed by atoms with Gasteiger partial charge in [-0.1, -0.05) is 48.2 Å². The number of para-hydroxylation sites is 1. The van der Waals surface area contributed by atoms with Crippen LogP contribution >= 0.6 is 35.3 Å². The summed E-state index contributed by atoms with van der Waals surface area (Å²) in [5.41, 5.74) is 3.37. The average molecular weight is 476 g/mol. The maximum atomic E-state index is 13.2. The lowest BCUT2D eigenvalue weighted by atomic mass is 10.2. The number of carbonyl (C=O) groups excluding carboxylic acids is 1. The van der Waals surface area contributed by atoms with E-state index in [0.717, 1.165) is 33.3 Å². The van der Waals surface area contributed by atoms with Gasteiger partial charge in [0.05, 0.1) is 28.3 Å². The quantitative estimate of drug-likeness (QED) is 0.261. The van der Waals surface area contributed by atoms with Gasteiger partial charge in [0, 0.05) is 11.8 Å². The predicted octanol–water partition coefficient (Wildman–Crippen LogP) is 6.02. The van der Waals surface area contributed by atoms with Gasteiger partial charge in [0.1, 0.15) is 11.4 Å². The number of hydrogen-bond donors (Lipinski definition) is 0. The number of ether oxygens (including phenoxy) is 1. The summed E-state index contributed by atoms with van der Waals surface area (Å²) in [7, 11) is 1.61. The summed E-state index contributed by atoms with van der Waals surface area (Å²) in [6.45, 7) is 0. The minimum Gasteiger partial charge on any atom is -0.497 e. The molecular weight excluding hydrogens is 458 g/mol. The lowest BCUT2D eigenvalue weighted by molar-refractivity contribution is -0.113. The van der Waals surface area contributed by atoms with Crippen LogP contribution in [-0.4, -0.2) is 27.1 Å². The van der Waals surface area contributed by atoms with Gasteiger partial charge in [-0.25, -0.2) is 4.68 Å². The van der Waals surface area contributed by atoms with Crippen LogP contribution in [0, 0.1) is 0 Å². The normalized spacial score (nSPS) is 15.0. The van der Waals surface area contributed by atoms with Gasteiger partial charge in [0.2, 0.25) is 0 Å². The third-order valence-electron chi connectivity index (χ3n) is 4.93. The van der Waals surface area contributed by atoms with Crippen LogP contribution in [-0.2, 0) is 4.79 Å². The number of thioether (sulfide) groups is 1. The molecule has 3 heterocycles. The first-order valence-corrected chi connectivity index (χ1v) is 11.9. The molecule has 0 saturated carbocycles. The largest absolute Gasteiger partial charge is 0.497 e. The van der Waals surface area contributed by atoms with E-state index in [4.69, 9.17) is 22.1 Å². The molecule has 1 aliphatic rings. The zero-order valence-electron chi connectivity index (χ0n) is 17.0.